The van der Waals surface area contributed by atoms with Gasteiger partial charge in [-0.3, -0.25) is 10.1 Å². The van der Waals surface area contributed by atoms with Crippen LogP contribution in [0.5, 0.6) is 17.2 Å². The summed E-state index contributed by atoms with van der Waals surface area (Å²) in [5.41, 5.74) is -0.114. The Balaban J connectivity index is 2.48. The molecule has 0 saturated heterocycles. The molecule has 0 unspecified atom stereocenters. The summed E-state index contributed by atoms with van der Waals surface area (Å²) in [6, 6.07) is 8.23. The number of nitrogens with zero attached hydrogens (tertiary/aromatic N) is 1. The van der Waals surface area contributed by atoms with Gasteiger partial charge in [-0.2, -0.15) is 0 Å². The largest absolute Gasteiger partial charge is 0.497 e. The van der Waals surface area contributed by atoms with E-state index >= 15 is 0 Å². The highest BCUT2D eigenvalue weighted by atomic mass is 35.5. The van der Waals surface area contributed by atoms with Gasteiger partial charge in [-0.15, -0.1) is 11.6 Å². The maximum Gasteiger partial charge on any atom is 0.311 e. The summed E-state index contributed by atoms with van der Waals surface area (Å²) in [4.78, 5) is 10.4. The second-order valence-corrected chi connectivity index (χ2v) is 4.31. The third-order valence-electron chi connectivity index (χ3n) is 2.79. The van der Waals surface area contributed by atoms with Gasteiger partial charge in [0.15, 0.2) is 0 Å². The molecule has 0 saturated carbocycles. The monoisotopic (exact) mass is 311 g/mol. The van der Waals surface area contributed by atoms with Crippen LogP contribution in [0.25, 0.3) is 0 Å². The van der Waals surface area contributed by atoms with Crippen LogP contribution >= 0.6 is 11.6 Å². The van der Waals surface area contributed by atoms with E-state index in [1.54, 1.807) is 0 Å². The molecule has 0 bridgehead atoms. The van der Waals surface area contributed by atoms with Crippen molar-refractivity contribution in [3.8, 4) is 17.2 Å². The van der Waals surface area contributed by atoms with E-state index in [-0.39, 0.29) is 28.6 Å². The molecular formula is C14H11ClFNO4. The molecule has 0 aliphatic carbocycles. The number of hydrogen-bond donors (Lipinski definition) is 0. The molecule has 0 aromatic heterocycles. The Bertz CT molecular complexity index is 678. The molecule has 0 radical (unpaired) electrons. The van der Waals surface area contributed by atoms with Crippen LogP contribution in [0.2, 0.25) is 0 Å². The zero-order valence-electron chi connectivity index (χ0n) is 11.0. The Morgan fingerprint density at radius 2 is 2.05 bits per heavy atom. The molecule has 2 rings (SSSR count). The van der Waals surface area contributed by atoms with Gasteiger partial charge in [-0.25, -0.2) is 4.39 Å². The average molecular weight is 312 g/mol. The summed E-state index contributed by atoms with van der Waals surface area (Å²) in [7, 11) is 1.43. The van der Waals surface area contributed by atoms with Gasteiger partial charge in [0.05, 0.1) is 17.9 Å². The number of nitro benzene ring substituents is 1. The topological polar surface area (TPSA) is 61.6 Å². The first-order valence-electron chi connectivity index (χ1n) is 5.90. The number of hydrogen-bond acceptors (Lipinski definition) is 4. The molecule has 0 atom stereocenters. The molecule has 21 heavy (non-hydrogen) atoms. The molecule has 0 N–H and O–H groups in total. The van der Waals surface area contributed by atoms with Crippen molar-refractivity contribution in [1.29, 1.82) is 0 Å². The molecular weight excluding hydrogens is 301 g/mol. The van der Waals surface area contributed by atoms with Crippen LogP contribution < -0.4 is 9.47 Å². The number of rotatable bonds is 5. The lowest BCUT2D eigenvalue weighted by Crippen LogP contribution is -1.97. The molecule has 5 nitrogen and oxygen atoms in total. The van der Waals surface area contributed by atoms with Gasteiger partial charge >= 0.3 is 5.69 Å². The summed E-state index contributed by atoms with van der Waals surface area (Å²) < 4.78 is 24.1. The van der Waals surface area contributed by atoms with E-state index in [9.17, 15) is 14.5 Å². The fourth-order valence-corrected chi connectivity index (χ4v) is 2.00. The van der Waals surface area contributed by atoms with E-state index < -0.39 is 10.7 Å². The quantitative estimate of drug-likeness (QED) is 0.470. The standard InChI is InChI=1S/C14H11ClFNO4/c1-20-9-5-6-12(17(18)19)14(7-9)21-13-4-2-3-11(16)10(13)8-15/h2-7H,8H2,1H3. The first-order valence-corrected chi connectivity index (χ1v) is 6.44. The maximum atomic E-state index is 13.6. The van der Waals surface area contributed by atoms with E-state index in [4.69, 9.17) is 21.1 Å². The molecule has 0 heterocycles. The summed E-state index contributed by atoms with van der Waals surface area (Å²) in [5.74, 6) is -0.176. The van der Waals surface area contributed by atoms with E-state index in [2.05, 4.69) is 0 Å². The highest BCUT2D eigenvalue weighted by Crippen LogP contribution is 2.36. The highest BCUT2D eigenvalue weighted by Gasteiger charge is 2.19. The lowest BCUT2D eigenvalue weighted by Gasteiger charge is -2.11. The Morgan fingerprint density at radius 1 is 1.29 bits per heavy atom. The second-order valence-electron chi connectivity index (χ2n) is 4.04. The number of methoxy groups -OCH3 is 1. The molecule has 0 spiro atoms. The minimum atomic E-state index is -0.589. The molecule has 2 aromatic carbocycles. The van der Waals surface area contributed by atoms with Gasteiger partial charge in [0.1, 0.15) is 17.3 Å². The van der Waals surface area contributed by atoms with Crippen LogP contribution in [0.3, 0.4) is 0 Å². The summed E-state index contributed by atoms with van der Waals surface area (Å²) in [5, 5.41) is 11.0. The SMILES string of the molecule is COc1ccc([N+](=O)[O-])c(Oc2cccc(F)c2CCl)c1. The van der Waals surface area contributed by atoms with Gasteiger partial charge in [0.25, 0.3) is 0 Å². The predicted octanol–water partition coefficient (Wildman–Crippen LogP) is 4.27. The smallest absolute Gasteiger partial charge is 0.311 e. The normalized spacial score (nSPS) is 10.2. The summed E-state index contributed by atoms with van der Waals surface area (Å²) in [6.45, 7) is 0. The van der Waals surface area contributed by atoms with E-state index in [0.29, 0.717) is 5.75 Å². The van der Waals surface area contributed by atoms with Crippen molar-refractivity contribution in [3.63, 3.8) is 0 Å². The van der Waals surface area contributed by atoms with Crippen molar-refractivity contribution >= 4 is 17.3 Å². The van der Waals surface area contributed by atoms with Crippen LogP contribution in [0.15, 0.2) is 36.4 Å². The predicted molar refractivity (Wildman–Crippen MR) is 75.7 cm³/mol. The van der Waals surface area contributed by atoms with Crippen molar-refractivity contribution in [2.75, 3.05) is 7.11 Å². The van der Waals surface area contributed by atoms with Gasteiger partial charge in [0, 0.05) is 17.7 Å². The van der Waals surface area contributed by atoms with Crippen LogP contribution in [0.1, 0.15) is 5.56 Å². The number of benzene rings is 2. The molecule has 2 aromatic rings. The minimum absolute atomic E-state index is 0.0451. The van der Waals surface area contributed by atoms with Crippen LogP contribution in [-0.2, 0) is 5.88 Å². The third kappa shape index (κ3) is 3.22. The number of alkyl halides is 1. The van der Waals surface area contributed by atoms with E-state index in [0.717, 1.165) is 0 Å². The Labute approximate surface area is 125 Å². The van der Waals surface area contributed by atoms with Crippen LogP contribution in [-0.4, -0.2) is 12.0 Å². The van der Waals surface area contributed by atoms with Crippen molar-refractivity contribution in [2.24, 2.45) is 0 Å². The fourth-order valence-electron chi connectivity index (χ4n) is 1.74. The first-order chi connectivity index (χ1) is 10.1. The fraction of sp³-hybridized carbons (Fsp3) is 0.143. The van der Waals surface area contributed by atoms with Gasteiger partial charge in [0.2, 0.25) is 5.75 Å². The van der Waals surface area contributed by atoms with Crippen LogP contribution in [0.4, 0.5) is 10.1 Å². The Kier molecular flexibility index (Phi) is 4.59. The molecule has 7 heteroatoms. The Morgan fingerprint density at radius 3 is 2.67 bits per heavy atom. The number of halogens is 2. The molecule has 110 valence electrons. The average Bonchev–Trinajstić information content (AvgIpc) is 2.47. The maximum absolute atomic E-state index is 13.6. The van der Waals surface area contributed by atoms with Crippen molar-refractivity contribution in [2.45, 2.75) is 5.88 Å². The van der Waals surface area contributed by atoms with E-state index in [1.165, 1.54) is 43.5 Å². The number of nitro groups is 1. The zero-order chi connectivity index (χ0) is 15.4. The Hall–Kier alpha value is -2.34. The van der Waals surface area contributed by atoms with Gasteiger partial charge in [-0.05, 0) is 18.2 Å². The lowest BCUT2D eigenvalue weighted by molar-refractivity contribution is -0.385. The third-order valence-corrected chi connectivity index (χ3v) is 3.06. The van der Waals surface area contributed by atoms with Gasteiger partial charge in [-0.1, -0.05) is 6.07 Å². The van der Waals surface area contributed by atoms with Crippen molar-refractivity contribution in [1.82, 2.24) is 0 Å². The number of ether oxygens (including phenoxy) is 2. The summed E-state index contributed by atoms with van der Waals surface area (Å²) in [6.07, 6.45) is 0. The van der Waals surface area contributed by atoms with Crippen molar-refractivity contribution in [3.05, 3.63) is 57.9 Å². The van der Waals surface area contributed by atoms with Gasteiger partial charge < -0.3 is 9.47 Å². The van der Waals surface area contributed by atoms with Crippen LogP contribution in [0, 0.1) is 15.9 Å². The zero-order valence-corrected chi connectivity index (χ0v) is 11.8. The second kappa shape index (κ2) is 6.41. The highest BCUT2D eigenvalue weighted by molar-refractivity contribution is 6.17. The molecule has 0 amide bonds. The van der Waals surface area contributed by atoms with E-state index in [1.807, 2.05) is 0 Å². The molecule has 0 aliphatic rings. The molecule has 0 fully saturated rings. The first kappa shape index (κ1) is 15.1. The lowest BCUT2D eigenvalue weighted by atomic mass is 10.2. The summed E-state index contributed by atoms with van der Waals surface area (Å²) >= 11 is 5.69. The minimum Gasteiger partial charge on any atom is -0.497 e. The molecule has 0 aliphatic heterocycles. The van der Waals surface area contributed by atoms with Crippen molar-refractivity contribution < 1.29 is 18.8 Å².